The molecule has 1 aromatic heterocycles. The first kappa shape index (κ1) is 23.8. The van der Waals surface area contributed by atoms with Gasteiger partial charge in [-0.2, -0.15) is 0 Å². The van der Waals surface area contributed by atoms with Crippen molar-refractivity contribution in [3.05, 3.63) is 53.2 Å². The van der Waals surface area contributed by atoms with Gasteiger partial charge in [-0.25, -0.2) is 14.4 Å². The van der Waals surface area contributed by atoms with Crippen LogP contribution in [0.15, 0.2) is 35.6 Å². The first-order chi connectivity index (χ1) is 13.9. The zero-order chi connectivity index (χ0) is 20.9. The number of Topliss-reactive ketones (excluding diaryl/α,β-unsaturated/α-hetero) is 1. The molecule has 0 bridgehead atoms. The number of carbonyl (C=O) groups is 1. The molecule has 1 aliphatic rings. The fourth-order valence-corrected chi connectivity index (χ4v) is 4.06. The Balaban J connectivity index is 0.00000320. The van der Waals surface area contributed by atoms with Crippen LogP contribution in [0, 0.1) is 5.82 Å². The zero-order valence-electron chi connectivity index (χ0n) is 16.4. The smallest absolute Gasteiger partial charge is 0.243 e. The van der Waals surface area contributed by atoms with Gasteiger partial charge in [-0.3, -0.25) is 9.79 Å². The third kappa shape index (κ3) is 5.54. The number of ether oxygens (including phenoxy) is 2. The average molecular weight is 435 g/mol. The topological polar surface area (TPSA) is 99.7 Å². The largest absolute Gasteiger partial charge is 0.474 e. The van der Waals surface area contributed by atoms with Crippen LogP contribution in [0.5, 0.6) is 5.88 Å². The van der Waals surface area contributed by atoms with Gasteiger partial charge < -0.3 is 15.2 Å². The van der Waals surface area contributed by atoms with E-state index in [4.69, 9.17) is 15.2 Å². The Morgan fingerprint density at radius 3 is 2.80 bits per heavy atom. The van der Waals surface area contributed by atoms with Crippen molar-refractivity contribution in [3.63, 3.8) is 0 Å². The molecule has 30 heavy (non-hydrogen) atoms. The summed E-state index contributed by atoms with van der Waals surface area (Å²) in [4.78, 5) is 25.5. The van der Waals surface area contributed by atoms with Gasteiger partial charge in [-0.15, -0.1) is 0 Å². The summed E-state index contributed by atoms with van der Waals surface area (Å²) in [7, 11) is 1.56. The Labute approximate surface area is 180 Å². The molecular formula is C21H27FN4O3S. The highest BCUT2D eigenvalue weighted by Crippen LogP contribution is 2.36. The number of benzene rings is 1. The second-order valence-corrected chi connectivity index (χ2v) is 7.90. The molecule has 0 saturated heterocycles. The monoisotopic (exact) mass is 434 g/mol. The van der Waals surface area contributed by atoms with Crippen LogP contribution in [0.25, 0.3) is 0 Å². The summed E-state index contributed by atoms with van der Waals surface area (Å²) in [5.74, 6) is 0.284. The standard InChI is InChI=1S/C20H23FN4O3S.CH4/c1-20(5-10-29-19(22)25-20)14-11-13(3-4-15(14)21)12-16(26)17-18(24-7-6-23-17)28-9-8-27-2;/h3-4,6-7,11H,5,8-10,12H2,1-2H3,(H2,22,25);1H4/t20-;/m0./s1. The van der Waals surface area contributed by atoms with Crippen molar-refractivity contribution in [1.82, 2.24) is 9.97 Å². The minimum Gasteiger partial charge on any atom is -0.474 e. The molecule has 0 fully saturated rings. The Morgan fingerprint density at radius 2 is 2.07 bits per heavy atom. The highest BCUT2D eigenvalue weighted by atomic mass is 32.2. The molecule has 162 valence electrons. The SMILES string of the molecule is C.COCCOc1nccnc1C(=O)Cc1ccc(F)c([C@]2(C)CCSC(N)=N2)c1. The number of aromatic nitrogens is 2. The fraction of sp³-hybridized carbons (Fsp3) is 0.429. The van der Waals surface area contributed by atoms with Gasteiger partial charge in [0.05, 0.1) is 12.1 Å². The van der Waals surface area contributed by atoms with Crippen molar-refractivity contribution in [3.8, 4) is 5.88 Å². The Morgan fingerprint density at radius 1 is 1.30 bits per heavy atom. The molecule has 0 radical (unpaired) electrons. The van der Waals surface area contributed by atoms with E-state index < -0.39 is 5.54 Å². The van der Waals surface area contributed by atoms with E-state index in [0.29, 0.717) is 29.3 Å². The van der Waals surface area contributed by atoms with E-state index in [1.54, 1.807) is 19.2 Å². The third-order valence-electron chi connectivity index (χ3n) is 4.63. The molecule has 2 N–H and O–H groups in total. The Kier molecular flexibility index (Phi) is 8.31. The van der Waals surface area contributed by atoms with Gasteiger partial charge in [0.15, 0.2) is 16.6 Å². The summed E-state index contributed by atoms with van der Waals surface area (Å²) in [5.41, 5.74) is 6.34. The lowest BCUT2D eigenvalue weighted by molar-refractivity contribution is 0.0977. The molecule has 1 atom stereocenters. The van der Waals surface area contributed by atoms with Gasteiger partial charge >= 0.3 is 0 Å². The van der Waals surface area contributed by atoms with Gasteiger partial charge in [-0.05, 0) is 31.0 Å². The van der Waals surface area contributed by atoms with E-state index >= 15 is 0 Å². The molecule has 1 aliphatic heterocycles. The van der Waals surface area contributed by atoms with Crippen LogP contribution in [0.1, 0.15) is 42.4 Å². The van der Waals surface area contributed by atoms with Gasteiger partial charge in [0, 0.05) is 37.2 Å². The lowest BCUT2D eigenvalue weighted by Gasteiger charge is -2.30. The number of halogens is 1. The summed E-state index contributed by atoms with van der Waals surface area (Å²) in [6, 6.07) is 4.64. The third-order valence-corrected chi connectivity index (χ3v) is 5.42. The number of aliphatic imine (C=N–C) groups is 1. The van der Waals surface area contributed by atoms with Crippen molar-refractivity contribution in [2.75, 3.05) is 26.1 Å². The molecule has 2 aromatic rings. The number of hydrogen-bond acceptors (Lipinski definition) is 8. The van der Waals surface area contributed by atoms with E-state index in [9.17, 15) is 9.18 Å². The lowest BCUT2D eigenvalue weighted by Crippen LogP contribution is -2.29. The summed E-state index contributed by atoms with van der Waals surface area (Å²) < 4.78 is 25.0. The first-order valence-corrected chi connectivity index (χ1v) is 10.1. The molecule has 9 heteroatoms. The second-order valence-electron chi connectivity index (χ2n) is 6.79. The summed E-state index contributed by atoms with van der Waals surface area (Å²) in [6.45, 7) is 2.48. The molecule has 3 rings (SSSR count). The van der Waals surface area contributed by atoms with Crippen LogP contribution in [-0.2, 0) is 16.7 Å². The average Bonchev–Trinajstić information content (AvgIpc) is 2.69. The molecule has 7 nitrogen and oxygen atoms in total. The van der Waals surface area contributed by atoms with Gasteiger partial charge in [0.1, 0.15) is 12.4 Å². The highest BCUT2D eigenvalue weighted by molar-refractivity contribution is 8.13. The molecular weight excluding hydrogens is 407 g/mol. The van der Waals surface area contributed by atoms with Crippen LogP contribution < -0.4 is 10.5 Å². The maximum absolute atomic E-state index is 14.6. The lowest BCUT2D eigenvalue weighted by atomic mass is 9.87. The van der Waals surface area contributed by atoms with E-state index in [-0.39, 0.29) is 43.6 Å². The number of ketones is 1. The number of methoxy groups -OCH3 is 1. The number of nitrogens with two attached hydrogens (primary N) is 1. The summed E-state index contributed by atoms with van der Waals surface area (Å²) in [6.07, 6.45) is 3.59. The van der Waals surface area contributed by atoms with Gasteiger partial charge in [-0.1, -0.05) is 25.3 Å². The van der Waals surface area contributed by atoms with Crippen LogP contribution in [-0.4, -0.2) is 47.0 Å². The molecule has 0 aliphatic carbocycles. The van der Waals surface area contributed by atoms with Crippen molar-refractivity contribution in [2.24, 2.45) is 10.7 Å². The zero-order valence-corrected chi connectivity index (χ0v) is 17.2. The van der Waals surface area contributed by atoms with Crippen molar-refractivity contribution >= 4 is 22.7 Å². The van der Waals surface area contributed by atoms with Crippen molar-refractivity contribution < 1.29 is 18.7 Å². The number of hydrogen-bond donors (Lipinski definition) is 1. The molecule has 0 unspecified atom stereocenters. The maximum Gasteiger partial charge on any atom is 0.243 e. The predicted molar refractivity (Wildman–Crippen MR) is 117 cm³/mol. The molecule has 1 aromatic carbocycles. The quantitative estimate of drug-likeness (QED) is 0.502. The Bertz CT molecular complexity index is 925. The van der Waals surface area contributed by atoms with Crippen LogP contribution >= 0.6 is 11.8 Å². The summed E-state index contributed by atoms with van der Waals surface area (Å²) >= 11 is 1.46. The number of nitrogens with zero attached hydrogens (tertiary/aromatic N) is 3. The number of rotatable bonds is 8. The highest BCUT2D eigenvalue weighted by Gasteiger charge is 2.32. The first-order valence-electron chi connectivity index (χ1n) is 9.16. The van der Waals surface area contributed by atoms with E-state index in [0.717, 1.165) is 5.75 Å². The molecule has 0 saturated carbocycles. The van der Waals surface area contributed by atoms with Crippen molar-refractivity contribution in [1.29, 1.82) is 0 Å². The number of amidine groups is 1. The van der Waals surface area contributed by atoms with Crippen LogP contribution in [0.3, 0.4) is 0 Å². The number of carbonyl (C=O) groups excluding carboxylic acids is 1. The predicted octanol–water partition coefficient (Wildman–Crippen LogP) is 3.37. The van der Waals surface area contributed by atoms with E-state index in [1.807, 2.05) is 6.92 Å². The van der Waals surface area contributed by atoms with Crippen LogP contribution in [0.4, 0.5) is 4.39 Å². The summed E-state index contributed by atoms with van der Waals surface area (Å²) in [5, 5.41) is 0.442. The minimum absolute atomic E-state index is 0. The van der Waals surface area contributed by atoms with Gasteiger partial charge in [0.2, 0.25) is 5.88 Å². The normalized spacial score (nSPS) is 18.3. The molecule has 0 amide bonds. The molecule has 0 spiro atoms. The maximum atomic E-state index is 14.6. The molecule has 2 heterocycles. The minimum atomic E-state index is -0.751. The van der Waals surface area contributed by atoms with E-state index in [1.165, 1.54) is 30.2 Å². The van der Waals surface area contributed by atoms with Gasteiger partial charge in [0.25, 0.3) is 0 Å². The van der Waals surface area contributed by atoms with Crippen molar-refractivity contribution in [2.45, 2.75) is 32.7 Å². The Hall–Kier alpha value is -2.52. The van der Waals surface area contributed by atoms with E-state index in [2.05, 4.69) is 15.0 Å². The van der Waals surface area contributed by atoms with Crippen LogP contribution in [0.2, 0.25) is 0 Å². The fourth-order valence-electron chi connectivity index (χ4n) is 3.09. The second kappa shape index (κ2) is 10.5. The number of thioether (sulfide) groups is 1.